The first kappa shape index (κ1) is 14.9. The minimum Gasteiger partial charge on any atom is -0.379 e. The largest absolute Gasteiger partial charge is 0.379 e. The van der Waals surface area contributed by atoms with Crippen LogP contribution in [-0.2, 0) is 16.1 Å². The molecule has 0 fully saturated rings. The second-order valence-corrected chi connectivity index (χ2v) is 4.81. The Balaban J connectivity index is 2.33. The Labute approximate surface area is 110 Å². The normalized spacial score (nSPS) is 11.6. The van der Waals surface area contributed by atoms with E-state index in [2.05, 4.69) is 31.1 Å². The summed E-state index contributed by atoms with van der Waals surface area (Å²) in [5.74, 6) is 0.899. The zero-order valence-corrected chi connectivity index (χ0v) is 11.8. The molecule has 0 unspecified atom stereocenters. The van der Waals surface area contributed by atoms with Crippen LogP contribution in [0, 0.1) is 0 Å². The van der Waals surface area contributed by atoms with Gasteiger partial charge in [0, 0.05) is 20.3 Å². The van der Waals surface area contributed by atoms with Gasteiger partial charge >= 0.3 is 0 Å². The number of rotatable bonds is 8. The highest BCUT2D eigenvalue weighted by Gasteiger charge is 2.15. The topological polar surface area (TPSA) is 43.4 Å². The van der Waals surface area contributed by atoms with E-state index in [1.807, 2.05) is 18.2 Å². The van der Waals surface area contributed by atoms with Crippen LogP contribution in [0.2, 0.25) is 0 Å². The number of hydrogen-bond acceptors (Lipinski definition) is 4. The molecule has 0 spiro atoms. The van der Waals surface area contributed by atoms with Crippen LogP contribution in [0.25, 0.3) is 0 Å². The van der Waals surface area contributed by atoms with Gasteiger partial charge in [-0.25, -0.2) is 4.98 Å². The molecule has 0 amide bonds. The molecule has 0 radical (unpaired) electrons. The van der Waals surface area contributed by atoms with Gasteiger partial charge in [-0.2, -0.15) is 0 Å². The van der Waals surface area contributed by atoms with Crippen molar-refractivity contribution >= 4 is 5.82 Å². The summed E-state index contributed by atoms with van der Waals surface area (Å²) in [6, 6.07) is 5.92. The first-order valence-electron chi connectivity index (χ1n) is 6.40. The molecule has 0 bridgehead atoms. The van der Waals surface area contributed by atoms with E-state index in [1.54, 1.807) is 7.11 Å². The van der Waals surface area contributed by atoms with E-state index in [4.69, 9.17) is 9.47 Å². The minimum absolute atomic E-state index is 0.126. The van der Waals surface area contributed by atoms with E-state index in [9.17, 15) is 0 Å². The summed E-state index contributed by atoms with van der Waals surface area (Å²) in [5, 5.41) is 3.19. The van der Waals surface area contributed by atoms with Crippen LogP contribution in [0.4, 0.5) is 5.82 Å². The molecule has 1 aromatic heterocycles. The Hall–Kier alpha value is -1.13. The maximum atomic E-state index is 5.62. The summed E-state index contributed by atoms with van der Waals surface area (Å²) in [7, 11) is 1.72. The molecule has 0 saturated carbocycles. The lowest BCUT2D eigenvalue weighted by Gasteiger charge is -2.22. The van der Waals surface area contributed by atoms with Crippen molar-refractivity contribution in [2.75, 3.05) is 25.6 Å². The van der Waals surface area contributed by atoms with Gasteiger partial charge < -0.3 is 14.8 Å². The van der Waals surface area contributed by atoms with Crippen molar-refractivity contribution in [2.45, 2.75) is 39.4 Å². The minimum atomic E-state index is -0.126. The number of aromatic nitrogens is 1. The van der Waals surface area contributed by atoms with Crippen molar-refractivity contribution in [2.24, 2.45) is 0 Å². The maximum absolute atomic E-state index is 5.62. The van der Waals surface area contributed by atoms with E-state index in [0.717, 1.165) is 24.5 Å². The average molecular weight is 252 g/mol. The second-order valence-electron chi connectivity index (χ2n) is 4.81. The van der Waals surface area contributed by atoms with Crippen molar-refractivity contribution in [3.05, 3.63) is 23.9 Å². The molecule has 0 aromatic carbocycles. The summed E-state index contributed by atoms with van der Waals surface area (Å²) >= 11 is 0. The highest BCUT2D eigenvalue weighted by molar-refractivity contribution is 5.34. The molecular formula is C14H24N2O2. The van der Waals surface area contributed by atoms with Crippen molar-refractivity contribution in [1.82, 2.24) is 4.98 Å². The molecule has 1 N–H and O–H groups in total. The van der Waals surface area contributed by atoms with Gasteiger partial charge in [0.15, 0.2) is 0 Å². The number of nitrogens with zero attached hydrogens (tertiary/aromatic N) is 1. The molecular weight excluding hydrogens is 228 g/mol. The predicted octanol–water partition coefficient (Wildman–Crippen LogP) is 2.85. The quantitative estimate of drug-likeness (QED) is 0.722. The van der Waals surface area contributed by atoms with Crippen LogP contribution in [0.15, 0.2) is 18.2 Å². The second kappa shape index (κ2) is 7.34. The van der Waals surface area contributed by atoms with Crippen LogP contribution in [0.3, 0.4) is 0 Å². The van der Waals surface area contributed by atoms with Crippen LogP contribution >= 0.6 is 0 Å². The molecule has 0 aliphatic heterocycles. The Bertz CT molecular complexity index is 353. The van der Waals surface area contributed by atoms with Crippen molar-refractivity contribution < 1.29 is 9.47 Å². The molecule has 0 aliphatic rings. The fraction of sp³-hybridized carbons (Fsp3) is 0.643. The molecule has 4 heteroatoms. The molecule has 1 aromatic rings. The molecule has 0 saturated heterocycles. The van der Waals surface area contributed by atoms with Gasteiger partial charge in [-0.15, -0.1) is 0 Å². The highest BCUT2D eigenvalue weighted by Crippen LogP contribution is 2.13. The number of hydrogen-bond donors (Lipinski definition) is 1. The van der Waals surface area contributed by atoms with Gasteiger partial charge in [0.05, 0.1) is 17.9 Å². The van der Waals surface area contributed by atoms with Crippen LogP contribution in [0.1, 0.15) is 32.9 Å². The van der Waals surface area contributed by atoms with Gasteiger partial charge in [-0.05, 0) is 39.3 Å². The molecule has 1 rings (SSSR count). The lowest BCUT2D eigenvalue weighted by atomic mass is 10.1. The molecule has 0 atom stereocenters. The maximum Gasteiger partial charge on any atom is 0.126 e. The lowest BCUT2D eigenvalue weighted by Crippen LogP contribution is -2.24. The third-order valence-electron chi connectivity index (χ3n) is 2.82. The average Bonchev–Trinajstić information content (AvgIpc) is 2.36. The fourth-order valence-electron chi connectivity index (χ4n) is 1.44. The van der Waals surface area contributed by atoms with E-state index in [1.165, 1.54) is 0 Å². The standard InChI is InChI=1S/C14H24N2O2/c1-5-15-13-8-6-7-12(16-13)11-18-10-9-14(2,3)17-4/h6-8H,5,9-11H2,1-4H3,(H,15,16). The zero-order valence-electron chi connectivity index (χ0n) is 11.8. The third-order valence-corrected chi connectivity index (χ3v) is 2.82. The zero-order chi connectivity index (χ0) is 13.4. The number of nitrogens with one attached hydrogen (secondary N) is 1. The molecule has 1 heterocycles. The molecule has 4 nitrogen and oxygen atoms in total. The van der Waals surface area contributed by atoms with Crippen LogP contribution in [0.5, 0.6) is 0 Å². The molecule has 0 aliphatic carbocycles. The monoisotopic (exact) mass is 252 g/mol. The van der Waals surface area contributed by atoms with E-state index >= 15 is 0 Å². The molecule has 18 heavy (non-hydrogen) atoms. The first-order chi connectivity index (χ1) is 8.57. The number of anilines is 1. The van der Waals surface area contributed by atoms with Crippen LogP contribution in [-0.4, -0.2) is 30.8 Å². The van der Waals surface area contributed by atoms with Crippen molar-refractivity contribution in [3.8, 4) is 0 Å². The van der Waals surface area contributed by atoms with Gasteiger partial charge in [0.1, 0.15) is 5.82 Å². The summed E-state index contributed by atoms with van der Waals surface area (Å²) in [5.41, 5.74) is 0.822. The Morgan fingerprint density at radius 2 is 2.11 bits per heavy atom. The van der Waals surface area contributed by atoms with E-state index in [0.29, 0.717) is 13.2 Å². The number of ether oxygens (including phenoxy) is 2. The van der Waals surface area contributed by atoms with Gasteiger partial charge in [-0.3, -0.25) is 0 Å². The lowest BCUT2D eigenvalue weighted by molar-refractivity contribution is -0.0128. The smallest absolute Gasteiger partial charge is 0.126 e. The van der Waals surface area contributed by atoms with Crippen LogP contribution < -0.4 is 5.32 Å². The van der Waals surface area contributed by atoms with E-state index in [-0.39, 0.29) is 5.60 Å². The van der Waals surface area contributed by atoms with Crippen molar-refractivity contribution in [1.29, 1.82) is 0 Å². The van der Waals surface area contributed by atoms with Gasteiger partial charge in [-0.1, -0.05) is 6.07 Å². The predicted molar refractivity (Wildman–Crippen MR) is 73.8 cm³/mol. The van der Waals surface area contributed by atoms with Crippen molar-refractivity contribution in [3.63, 3.8) is 0 Å². The van der Waals surface area contributed by atoms with E-state index < -0.39 is 0 Å². The SMILES string of the molecule is CCNc1cccc(COCCC(C)(C)OC)n1. The Kier molecular flexibility index (Phi) is 6.09. The first-order valence-corrected chi connectivity index (χ1v) is 6.40. The summed E-state index contributed by atoms with van der Waals surface area (Å²) < 4.78 is 11.0. The van der Waals surface area contributed by atoms with Gasteiger partial charge in [0.25, 0.3) is 0 Å². The third kappa shape index (κ3) is 5.47. The number of methoxy groups -OCH3 is 1. The van der Waals surface area contributed by atoms with Gasteiger partial charge in [0.2, 0.25) is 0 Å². The Morgan fingerprint density at radius 3 is 2.78 bits per heavy atom. The fourth-order valence-corrected chi connectivity index (χ4v) is 1.44. The summed E-state index contributed by atoms with van der Waals surface area (Å²) in [6.07, 6.45) is 0.871. The molecule has 102 valence electrons. The summed E-state index contributed by atoms with van der Waals surface area (Å²) in [6.45, 7) is 8.25. The Morgan fingerprint density at radius 1 is 1.33 bits per heavy atom. The summed E-state index contributed by atoms with van der Waals surface area (Å²) in [4.78, 5) is 4.45. The number of pyridine rings is 1. The highest BCUT2D eigenvalue weighted by atomic mass is 16.5.